The first-order valence-electron chi connectivity index (χ1n) is 7.09. The topological polar surface area (TPSA) is 55.2 Å². The average Bonchev–Trinajstić information content (AvgIpc) is 2.84. The third-order valence-corrected chi connectivity index (χ3v) is 4.35. The molecule has 0 radical (unpaired) electrons. The summed E-state index contributed by atoms with van der Waals surface area (Å²) >= 11 is 0. The minimum absolute atomic E-state index is 0.220. The number of benzene rings is 1. The molecule has 1 aliphatic carbocycles. The first-order valence-corrected chi connectivity index (χ1v) is 7.09. The number of nitro groups is 1. The van der Waals surface area contributed by atoms with Crippen molar-refractivity contribution in [2.24, 2.45) is 5.92 Å². The highest BCUT2D eigenvalue weighted by Gasteiger charge is 2.25. The summed E-state index contributed by atoms with van der Waals surface area (Å²) in [6, 6.07) is 5.89. The Morgan fingerprint density at radius 2 is 2.21 bits per heavy atom. The summed E-state index contributed by atoms with van der Waals surface area (Å²) in [6.07, 6.45) is 5.05. The summed E-state index contributed by atoms with van der Waals surface area (Å²) in [5.41, 5.74) is 2.04. The highest BCUT2D eigenvalue weighted by Crippen LogP contribution is 2.29. The van der Waals surface area contributed by atoms with E-state index in [0.717, 1.165) is 23.6 Å². The minimum atomic E-state index is -0.302. The van der Waals surface area contributed by atoms with Gasteiger partial charge in [-0.05, 0) is 31.2 Å². The van der Waals surface area contributed by atoms with E-state index >= 15 is 0 Å². The van der Waals surface area contributed by atoms with E-state index in [-0.39, 0.29) is 10.6 Å². The molecule has 1 N–H and O–H groups in total. The molecule has 0 amide bonds. The van der Waals surface area contributed by atoms with Crippen LogP contribution in [0.25, 0.3) is 0 Å². The van der Waals surface area contributed by atoms with Crippen molar-refractivity contribution < 1.29 is 4.92 Å². The summed E-state index contributed by atoms with van der Waals surface area (Å²) in [5, 5.41) is 14.5. The van der Waals surface area contributed by atoms with Crippen molar-refractivity contribution in [1.29, 1.82) is 0 Å². The summed E-state index contributed by atoms with van der Waals surface area (Å²) in [5.74, 6) is 0.763. The molecule has 4 nitrogen and oxygen atoms in total. The molecule has 0 heterocycles. The summed E-state index contributed by atoms with van der Waals surface area (Å²) in [7, 11) is 0. The van der Waals surface area contributed by atoms with Gasteiger partial charge in [0, 0.05) is 24.2 Å². The summed E-state index contributed by atoms with van der Waals surface area (Å²) in [6.45, 7) is 4.80. The van der Waals surface area contributed by atoms with Gasteiger partial charge in [-0.2, -0.15) is 0 Å². The lowest BCUT2D eigenvalue weighted by molar-refractivity contribution is -0.385. The molecular formula is C15H22N2O2. The normalized spacial score (nSPS) is 22.6. The van der Waals surface area contributed by atoms with Gasteiger partial charge < -0.3 is 5.32 Å². The van der Waals surface area contributed by atoms with Gasteiger partial charge in [-0.15, -0.1) is 0 Å². The molecule has 1 aliphatic rings. The van der Waals surface area contributed by atoms with E-state index in [0.29, 0.717) is 6.04 Å². The fourth-order valence-corrected chi connectivity index (χ4v) is 3.09. The zero-order valence-electron chi connectivity index (χ0n) is 11.7. The second-order valence-electron chi connectivity index (χ2n) is 5.40. The van der Waals surface area contributed by atoms with Crippen LogP contribution in [0.15, 0.2) is 18.2 Å². The van der Waals surface area contributed by atoms with Gasteiger partial charge in [-0.25, -0.2) is 0 Å². The van der Waals surface area contributed by atoms with E-state index in [1.165, 1.54) is 25.7 Å². The first-order chi connectivity index (χ1) is 9.13. The second-order valence-corrected chi connectivity index (χ2v) is 5.40. The molecule has 0 saturated heterocycles. The Morgan fingerprint density at radius 3 is 2.89 bits per heavy atom. The fraction of sp³-hybridized carbons (Fsp3) is 0.600. The van der Waals surface area contributed by atoms with Crippen molar-refractivity contribution in [3.8, 4) is 0 Å². The molecular weight excluding hydrogens is 240 g/mol. The maximum Gasteiger partial charge on any atom is 0.272 e. The Labute approximate surface area is 114 Å². The number of hydrogen-bond donors (Lipinski definition) is 1. The Bertz CT molecular complexity index is 459. The van der Waals surface area contributed by atoms with Crippen LogP contribution in [0.5, 0.6) is 0 Å². The number of nitro benzene ring substituents is 1. The lowest BCUT2D eigenvalue weighted by Gasteiger charge is -2.20. The molecule has 1 aromatic carbocycles. The van der Waals surface area contributed by atoms with Crippen molar-refractivity contribution in [2.45, 2.75) is 52.1 Å². The molecule has 104 valence electrons. The maximum atomic E-state index is 10.9. The van der Waals surface area contributed by atoms with E-state index in [9.17, 15) is 10.1 Å². The Hall–Kier alpha value is -1.42. The molecule has 19 heavy (non-hydrogen) atoms. The third-order valence-electron chi connectivity index (χ3n) is 4.35. The quantitative estimate of drug-likeness (QED) is 0.652. The molecule has 0 bridgehead atoms. The largest absolute Gasteiger partial charge is 0.310 e. The van der Waals surface area contributed by atoms with E-state index in [1.54, 1.807) is 12.1 Å². The molecule has 0 spiro atoms. The van der Waals surface area contributed by atoms with Gasteiger partial charge in [0.25, 0.3) is 5.69 Å². The van der Waals surface area contributed by atoms with Crippen LogP contribution in [0.1, 0.15) is 43.7 Å². The molecule has 2 unspecified atom stereocenters. The fourth-order valence-electron chi connectivity index (χ4n) is 3.09. The highest BCUT2D eigenvalue weighted by atomic mass is 16.6. The Balaban J connectivity index is 2.03. The van der Waals surface area contributed by atoms with Gasteiger partial charge in [-0.3, -0.25) is 10.1 Å². The molecule has 2 atom stereocenters. The molecule has 1 fully saturated rings. The molecule has 1 aromatic rings. The van der Waals surface area contributed by atoms with Crippen LogP contribution in [0.4, 0.5) is 5.69 Å². The van der Waals surface area contributed by atoms with Crippen LogP contribution in [-0.4, -0.2) is 11.0 Å². The molecule has 0 aromatic heterocycles. The number of hydrogen-bond acceptors (Lipinski definition) is 3. The van der Waals surface area contributed by atoms with E-state index < -0.39 is 0 Å². The van der Waals surface area contributed by atoms with E-state index in [2.05, 4.69) is 12.2 Å². The predicted octanol–water partition coefficient (Wildman–Crippen LogP) is 3.57. The molecule has 2 rings (SSSR count). The average molecular weight is 262 g/mol. The van der Waals surface area contributed by atoms with Gasteiger partial charge in [0.15, 0.2) is 0 Å². The Morgan fingerprint density at radius 1 is 1.42 bits per heavy atom. The van der Waals surface area contributed by atoms with Gasteiger partial charge >= 0.3 is 0 Å². The van der Waals surface area contributed by atoms with Crippen LogP contribution < -0.4 is 5.32 Å². The number of rotatable bonds is 5. The standard InChI is InChI=1S/C15H22N2O2/c1-3-12-6-4-8-14(12)16-10-13-7-5-9-15(11(13)2)17(18)19/h5,7,9,12,14,16H,3-4,6,8,10H2,1-2H3. The Kier molecular flexibility index (Phi) is 4.53. The maximum absolute atomic E-state index is 10.9. The van der Waals surface area contributed by atoms with Crippen LogP contribution in [0, 0.1) is 23.0 Å². The van der Waals surface area contributed by atoms with E-state index in [1.807, 2.05) is 13.0 Å². The van der Waals surface area contributed by atoms with Gasteiger partial charge in [-0.1, -0.05) is 31.9 Å². The van der Waals surface area contributed by atoms with Crippen molar-refractivity contribution in [3.63, 3.8) is 0 Å². The smallest absolute Gasteiger partial charge is 0.272 e. The molecule has 1 saturated carbocycles. The van der Waals surface area contributed by atoms with Gasteiger partial charge in [0.2, 0.25) is 0 Å². The van der Waals surface area contributed by atoms with Crippen LogP contribution >= 0.6 is 0 Å². The third kappa shape index (κ3) is 3.13. The minimum Gasteiger partial charge on any atom is -0.310 e. The van der Waals surface area contributed by atoms with Crippen LogP contribution in [0.3, 0.4) is 0 Å². The van der Waals surface area contributed by atoms with Crippen molar-refractivity contribution in [1.82, 2.24) is 5.32 Å². The van der Waals surface area contributed by atoms with Crippen molar-refractivity contribution >= 4 is 5.69 Å². The SMILES string of the molecule is CCC1CCCC1NCc1cccc([N+](=O)[O-])c1C. The molecule has 0 aliphatic heterocycles. The van der Waals surface area contributed by atoms with Crippen LogP contribution in [-0.2, 0) is 6.54 Å². The van der Waals surface area contributed by atoms with Crippen molar-refractivity contribution in [2.75, 3.05) is 0 Å². The highest BCUT2D eigenvalue weighted by molar-refractivity contribution is 5.44. The number of nitrogens with one attached hydrogen (secondary N) is 1. The summed E-state index contributed by atoms with van der Waals surface area (Å²) in [4.78, 5) is 10.6. The monoisotopic (exact) mass is 262 g/mol. The van der Waals surface area contributed by atoms with E-state index in [4.69, 9.17) is 0 Å². The second kappa shape index (κ2) is 6.15. The predicted molar refractivity (Wildman–Crippen MR) is 76.1 cm³/mol. The summed E-state index contributed by atoms with van der Waals surface area (Å²) < 4.78 is 0. The zero-order chi connectivity index (χ0) is 13.8. The number of nitrogens with zero attached hydrogens (tertiary/aromatic N) is 1. The molecule has 4 heteroatoms. The van der Waals surface area contributed by atoms with Gasteiger partial charge in [0.1, 0.15) is 0 Å². The first kappa shape index (κ1) is 14.0. The lowest BCUT2D eigenvalue weighted by atomic mass is 10.00. The van der Waals surface area contributed by atoms with Crippen molar-refractivity contribution in [3.05, 3.63) is 39.4 Å². The van der Waals surface area contributed by atoms with Crippen LogP contribution in [0.2, 0.25) is 0 Å². The zero-order valence-corrected chi connectivity index (χ0v) is 11.7. The lowest BCUT2D eigenvalue weighted by Crippen LogP contribution is -2.31. The van der Waals surface area contributed by atoms with Gasteiger partial charge in [0.05, 0.1) is 4.92 Å².